The van der Waals surface area contributed by atoms with Crippen molar-refractivity contribution in [1.29, 1.82) is 0 Å². The van der Waals surface area contributed by atoms with Crippen molar-refractivity contribution in [2.24, 2.45) is 0 Å². The van der Waals surface area contributed by atoms with E-state index in [1.54, 1.807) is 0 Å². The summed E-state index contributed by atoms with van der Waals surface area (Å²) in [6, 6.07) is 6.32. The molecule has 0 aliphatic carbocycles. The monoisotopic (exact) mass is 407 g/mol. The van der Waals surface area contributed by atoms with Crippen molar-refractivity contribution in [2.75, 3.05) is 0 Å². The summed E-state index contributed by atoms with van der Waals surface area (Å²) in [4.78, 5) is 4.36. The van der Waals surface area contributed by atoms with Gasteiger partial charge in [0.1, 0.15) is 0 Å². The molecule has 0 saturated heterocycles. The van der Waals surface area contributed by atoms with Crippen molar-refractivity contribution in [3.8, 4) is 0 Å². The minimum absolute atomic E-state index is 1.02. The molecular weight excluding hydrogens is 404 g/mol. The predicted octanol–water partition coefficient (Wildman–Crippen LogP) is 2.40. The van der Waals surface area contributed by atoms with Gasteiger partial charge >= 0.3 is 108 Å². The third kappa shape index (κ3) is 2.08. The van der Waals surface area contributed by atoms with Crippen LogP contribution in [0.25, 0.3) is 10.9 Å². The van der Waals surface area contributed by atoms with E-state index in [0.29, 0.717) is 0 Å². The Labute approximate surface area is 107 Å². The van der Waals surface area contributed by atoms with Crippen LogP contribution in [0.2, 0.25) is 0 Å². The number of aromatic nitrogens is 1. The summed E-state index contributed by atoms with van der Waals surface area (Å²) >= 11 is 8.27. The molecule has 1 aromatic carbocycles. The summed E-state index contributed by atoms with van der Waals surface area (Å²) in [5.41, 5.74) is 1.07. The summed E-state index contributed by atoms with van der Waals surface area (Å²) in [6.07, 6.45) is 1.83. The standard InChI is InChI=1S/C9H4AsBrIN/c10-6-1-5-2-7(11)4-13-9(5)8(12)3-6/h1-4H. The Hall–Kier alpha value is 0.398. The molecule has 1 heterocycles. The molecule has 0 bridgehead atoms. The van der Waals surface area contributed by atoms with Gasteiger partial charge in [-0.1, -0.05) is 0 Å². The molecule has 0 saturated carbocycles. The molecule has 0 spiro atoms. The Morgan fingerprint density at radius 3 is 2.85 bits per heavy atom. The zero-order chi connectivity index (χ0) is 9.42. The Morgan fingerprint density at radius 1 is 1.31 bits per heavy atom. The fourth-order valence-electron chi connectivity index (χ4n) is 1.16. The maximum atomic E-state index is 4.36. The Balaban J connectivity index is 2.86. The Bertz CT molecular complexity index is 467. The number of halogens is 2. The summed E-state index contributed by atoms with van der Waals surface area (Å²) in [5.74, 6) is 0. The number of nitrogens with zero attached hydrogens (tertiary/aromatic N) is 1. The van der Waals surface area contributed by atoms with E-state index in [9.17, 15) is 0 Å². The molecule has 1 nitrogen and oxygen atoms in total. The van der Waals surface area contributed by atoms with Gasteiger partial charge in [-0.25, -0.2) is 0 Å². The average Bonchev–Trinajstić information content (AvgIpc) is 2.02. The van der Waals surface area contributed by atoms with Gasteiger partial charge in [0.15, 0.2) is 0 Å². The number of benzene rings is 1. The molecular formula is C9H4AsBrIN. The van der Waals surface area contributed by atoms with Crippen molar-refractivity contribution >= 4 is 70.6 Å². The van der Waals surface area contributed by atoms with Gasteiger partial charge in [-0.3, -0.25) is 0 Å². The van der Waals surface area contributed by atoms with Crippen molar-refractivity contribution < 1.29 is 0 Å². The zero-order valence-corrected chi connectivity index (χ0v) is 12.1. The molecule has 2 aromatic rings. The van der Waals surface area contributed by atoms with Gasteiger partial charge in [0.25, 0.3) is 0 Å². The molecule has 0 N–H and O–H groups in total. The molecule has 1 aromatic heterocycles. The molecule has 0 atom stereocenters. The third-order valence-electron chi connectivity index (χ3n) is 1.69. The topological polar surface area (TPSA) is 12.9 Å². The van der Waals surface area contributed by atoms with E-state index in [2.05, 4.69) is 78.6 Å². The SMILES string of the molecule is [As]c1cc(I)c2ncc(Br)cc2c1. The quantitative estimate of drug-likeness (QED) is 0.483. The van der Waals surface area contributed by atoms with E-state index in [1.165, 1.54) is 13.3 Å². The molecule has 0 amide bonds. The van der Waals surface area contributed by atoms with Gasteiger partial charge < -0.3 is 0 Å². The first kappa shape index (κ1) is 9.93. The van der Waals surface area contributed by atoms with Crippen LogP contribution in [0.5, 0.6) is 0 Å². The Morgan fingerprint density at radius 2 is 2.08 bits per heavy atom. The molecule has 2 rings (SSSR count). The van der Waals surface area contributed by atoms with Crippen molar-refractivity contribution in [1.82, 2.24) is 4.98 Å². The van der Waals surface area contributed by atoms with Gasteiger partial charge in [0.2, 0.25) is 0 Å². The second kappa shape index (κ2) is 3.87. The first-order valence-corrected chi connectivity index (χ1v) is 6.41. The van der Waals surface area contributed by atoms with E-state index in [0.717, 1.165) is 9.99 Å². The second-order valence-electron chi connectivity index (χ2n) is 2.65. The first-order valence-electron chi connectivity index (χ1n) is 3.60. The van der Waals surface area contributed by atoms with Gasteiger partial charge in [-0.15, -0.1) is 0 Å². The number of hydrogen-bond donors (Lipinski definition) is 0. The maximum absolute atomic E-state index is 4.36. The van der Waals surface area contributed by atoms with Gasteiger partial charge in [0, 0.05) is 0 Å². The van der Waals surface area contributed by atoms with Crippen LogP contribution in [-0.2, 0) is 0 Å². The fraction of sp³-hybridized carbons (Fsp3) is 0. The van der Waals surface area contributed by atoms with Crippen LogP contribution in [0.15, 0.2) is 28.9 Å². The minimum atomic E-state index is 1.02. The second-order valence-corrected chi connectivity index (χ2v) is 5.81. The molecule has 0 aliphatic rings. The normalized spacial score (nSPS) is 10.7. The number of hydrogen-bond acceptors (Lipinski definition) is 1. The molecule has 64 valence electrons. The fourth-order valence-corrected chi connectivity index (χ4v) is 3.40. The number of rotatable bonds is 0. The summed E-state index contributed by atoms with van der Waals surface area (Å²) in [6.45, 7) is 0. The van der Waals surface area contributed by atoms with Crippen LogP contribution < -0.4 is 4.35 Å². The predicted molar refractivity (Wildman–Crippen MR) is 67.5 cm³/mol. The van der Waals surface area contributed by atoms with Gasteiger partial charge in [-0.05, 0) is 0 Å². The van der Waals surface area contributed by atoms with Gasteiger partial charge in [0.05, 0.1) is 0 Å². The van der Waals surface area contributed by atoms with Gasteiger partial charge in [-0.2, -0.15) is 0 Å². The van der Waals surface area contributed by atoms with E-state index in [4.69, 9.17) is 0 Å². The van der Waals surface area contributed by atoms with Crippen LogP contribution in [0.1, 0.15) is 0 Å². The van der Waals surface area contributed by atoms with Crippen LogP contribution in [-0.4, -0.2) is 21.8 Å². The van der Waals surface area contributed by atoms with E-state index in [-0.39, 0.29) is 0 Å². The molecule has 4 heteroatoms. The van der Waals surface area contributed by atoms with Crippen molar-refractivity contribution in [2.45, 2.75) is 0 Å². The molecule has 0 unspecified atom stereocenters. The van der Waals surface area contributed by atoms with Crippen LogP contribution >= 0.6 is 38.5 Å². The Kier molecular flexibility index (Phi) is 2.96. The first-order chi connectivity index (χ1) is 6.16. The average molecular weight is 408 g/mol. The van der Waals surface area contributed by atoms with Crippen LogP contribution in [0.3, 0.4) is 0 Å². The molecule has 13 heavy (non-hydrogen) atoms. The molecule has 0 aliphatic heterocycles. The number of pyridine rings is 1. The van der Waals surface area contributed by atoms with Crippen LogP contribution in [0.4, 0.5) is 0 Å². The van der Waals surface area contributed by atoms with E-state index < -0.39 is 0 Å². The summed E-state index contributed by atoms with van der Waals surface area (Å²) in [7, 11) is 0. The van der Waals surface area contributed by atoms with Crippen LogP contribution in [0, 0.1) is 3.57 Å². The zero-order valence-electron chi connectivity index (χ0n) is 6.46. The summed E-state index contributed by atoms with van der Waals surface area (Å²) < 4.78 is 3.43. The summed E-state index contributed by atoms with van der Waals surface area (Å²) in [5, 5.41) is 1.18. The number of fused-ring (bicyclic) bond motifs is 1. The molecule has 2 radical (unpaired) electrons. The third-order valence-corrected chi connectivity index (χ3v) is 3.49. The van der Waals surface area contributed by atoms with Crippen molar-refractivity contribution in [3.05, 3.63) is 32.4 Å². The molecule has 0 fully saturated rings. The van der Waals surface area contributed by atoms with Crippen molar-refractivity contribution in [3.63, 3.8) is 0 Å². The van der Waals surface area contributed by atoms with E-state index in [1.807, 2.05) is 6.20 Å². The van der Waals surface area contributed by atoms with E-state index >= 15 is 0 Å².